The third-order valence-electron chi connectivity index (χ3n) is 2.48. The van der Waals surface area contributed by atoms with Gasteiger partial charge in [-0.3, -0.25) is 24.7 Å². The summed E-state index contributed by atoms with van der Waals surface area (Å²) in [6.07, 6.45) is 1.29. The highest BCUT2D eigenvalue weighted by atomic mass is 16.5. The molecule has 1 aromatic rings. The summed E-state index contributed by atoms with van der Waals surface area (Å²) in [7, 11) is 0. The van der Waals surface area contributed by atoms with Crippen LogP contribution in [0.1, 0.15) is 16.1 Å². The molecule has 3 amide bonds. The van der Waals surface area contributed by atoms with Crippen LogP contribution in [-0.2, 0) is 20.9 Å². The van der Waals surface area contributed by atoms with Crippen molar-refractivity contribution in [2.24, 2.45) is 5.84 Å². The van der Waals surface area contributed by atoms with Crippen LogP contribution in [0.4, 0.5) is 0 Å². The van der Waals surface area contributed by atoms with Gasteiger partial charge in [0.1, 0.15) is 19.0 Å². The van der Waals surface area contributed by atoms with Crippen molar-refractivity contribution >= 4 is 17.7 Å². The Labute approximate surface area is 102 Å². The molecular weight excluding hydrogens is 242 g/mol. The largest absolute Gasteiger partial charge is 0.467 e. The molecule has 0 radical (unpaired) electrons. The van der Waals surface area contributed by atoms with Crippen molar-refractivity contribution < 1.29 is 23.5 Å². The average molecular weight is 253 g/mol. The van der Waals surface area contributed by atoms with E-state index in [1.54, 1.807) is 0 Å². The molecule has 2 heterocycles. The van der Waals surface area contributed by atoms with Crippen molar-refractivity contribution in [2.75, 3.05) is 13.2 Å². The molecule has 8 heteroatoms. The van der Waals surface area contributed by atoms with E-state index in [1.807, 2.05) is 5.43 Å². The van der Waals surface area contributed by atoms with Gasteiger partial charge in [-0.1, -0.05) is 0 Å². The van der Waals surface area contributed by atoms with Crippen LogP contribution >= 0.6 is 0 Å². The minimum absolute atomic E-state index is 0.114. The second kappa shape index (κ2) is 4.98. The number of morpholine rings is 1. The number of nitrogens with zero attached hydrogens (tertiary/aromatic N) is 1. The van der Waals surface area contributed by atoms with E-state index < -0.39 is 17.7 Å². The Kier molecular flexibility index (Phi) is 3.40. The topological polar surface area (TPSA) is 115 Å². The van der Waals surface area contributed by atoms with E-state index in [1.165, 1.54) is 12.3 Å². The van der Waals surface area contributed by atoms with E-state index in [0.29, 0.717) is 0 Å². The molecule has 0 spiro atoms. The fraction of sp³-hybridized carbons (Fsp3) is 0.300. The molecule has 1 saturated heterocycles. The summed E-state index contributed by atoms with van der Waals surface area (Å²) in [5.41, 5.74) is 2.14. The van der Waals surface area contributed by atoms with Crippen molar-refractivity contribution in [1.82, 2.24) is 10.3 Å². The predicted molar refractivity (Wildman–Crippen MR) is 56.7 cm³/mol. The van der Waals surface area contributed by atoms with Gasteiger partial charge in [-0.2, -0.15) is 0 Å². The summed E-state index contributed by atoms with van der Waals surface area (Å²) in [6.45, 7) is -0.438. The summed E-state index contributed by atoms with van der Waals surface area (Å²) in [6, 6.07) is 1.41. The number of nitrogen functional groups attached to an aromatic ring is 1. The first-order valence-electron chi connectivity index (χ1n) is 5.11. The molecule has 8 nitrogen and oxygen atoms in total. The molecule has 1 aliphatic heterocycles. The fourth-order valence-electron chi connectivity index (χ4n) is 1.58. The van der Waals surface area contributed by atoms with Gasteiger partial charge in [-0.15, -0.1) is 0 Å². The van der Waals surface area contributed by atoms with Gasteiger partial charge in [0.2, 0.25) is 0 Å². The van der Waals surface area contributed by atoms with Crippen LogP contribution in [0.15, 0.2) is 16.7 Å². The van der Waals surface area contributed by atoms with Gasteiger partial charge in [0.15, 0.2) is 0 Å². The molecule has 0 unspecified atom stereocenters. The number of hydrazine groups is 1. The highest BCUT2D eigenvalue weighted by Crippen LogP contribution is 2.15. The second-order valence-corrected chi connectivity index (χ2v) is 3.60. The first kappa shape index (κ1) is 12.3. The van der Waals surface area contributed by atoms with Crippen LogP contribution in [0.3, 0.4) is 0 Å². The maximum Gasteiger partial charge on any atom is 0.268 e. The molecule has 0 atom stereocenters. The smallest absolute Gasteiger partial charge is 0.268 e. The standard InChI is InChI=1S/C10H11N3O5/c11-12-10(16)6-1-2-18-7(6)3-13-8(14)4-17-5-9(13)15/h1-2H,3-5,11H2,(H,12,16). The third-order valence-corrected chi connectivity index (χ3v) is 2.48. The molecule has 18 heavy (non-hydrogen) atoms. The molecular formula is C10H11N3O5. The van der Waals surface area contributed by atoms with Crippen LogP contribution in [0.5, 0.6) is 0 Å². The quantitative estimate of drug-likeness (QED) is 0.301. The zero-order valence-electron chi connectivity index (χ0n) is 9.34. The molecule has 0 aromatic carbocycles. The van der Waals surface area contributed by atoms with E-state index >= 15 is 0 Å². The normalized spacial score (nSPS) is 15.9. The Hall–Kier alpha value is -2.19. The van der Waals surface area contributed by atoms with Crippen molar-refractivity contribution in [3.05, 3.63) is 23.7 Å². The Morgan fingerprint density at radius 2 is 2.06 bits per heavy atom. The van der Waals surface area contributed by atoms with E-state index in [9.17, 15) is 14.4 Å². The van der Waals surface area contributed by atoms with Gasteiger partial charge < -0.3 is 9.15 Å². The molecule has 0 saturated carbocycles. The first-order valence-corrected chi connectivity index (χ1v) is 5.11. The van der Waals surface area contributed by atoms with Crippen LogP contribution in [0.25, 0.3) is 0 Å². The van der Waals surface area contributed by atoms with Gasteiger partial charge >= 0.3 is 0 Å². The van der Waals surface area contributed by atoms with Crippen molar-refractivity contribution in [3.63, 3.8) is 0 Å². The molecule has 1 aromatic heterocycles. The maximum atomic E-state index is 11.5. The molecule has 0 aliphatic carbocycles. The zero-order chi connectivity index (χ0) is 13.1. The maximum absolute atomic E-state index is 11.5. The number of amides is 3. The van der Waals surface area contributed by atoms with E-state index in [-0.39, 0.29) is 31.1 Å². The zero-order valence-corrected chi connectivity index (χ0v) is 9.34. The Balaban J connectivity index is 2.18. The monoisotopic (exact) mass is 253 g/mol. The minimum Gasteiger partial charge on any atom is -0.467 e. The Morgan fingerprint density at radius 1 is 1.39 bits per heavy atom. The highest BCUT2D eigenvalue weighted by Gasteiger charge is 2.29. The van der Waals surface area contributed by atoms with Crippen molar-refractivity contribution in [1.29, 1.82) is 0 Å². The Morgan fingerprint density at radius 3 is 2.67 bits per heavy atom. The van der Waals surface area contributed by atoms with Crippen LogP contribution < -0.4 is 11.3 Å². The van der Waals surface area contributed by atoms with Gasteiger partial charge in [-0.05, 0) is 6.07 Å². The first-order chi connectivity index (χ1) is 8.63. The number of nitrogens with two attached hydrogens (primary N) is 1. The van der Waals surface area contributed by atoms with E-state index in [2.05, 4.69) is 0 Å². The van der Waals surface area contributed by atoms with E-state index in [4.69, 9.17) is 15.0 Å². The Bertz CT molecular complexity index is 479. The highest BCUT2D eigenvalue weighted by molar-refractivity contribution is 5.99. The van der Waals surface area contributed by atoms with Gasteiger partial charge in [0.05, 0.1) is 18.4 Å². The minimum atomic E-state index is -0.549. The van der Waals surface area contributed by atoms with E-state index in [0.717, 1.165) is 4.90 Å². The van der Waals surface area contributed by atoms with Crippen LogP contribution in [0.2, 0.25) is 0 Å². The molecule has 96 valence electrons. The number of hydrogen-bond donors (Lipinski definition) is 2. The molecule has 0 bridgehead atoms. The molecule has 1 fully saturated rings. The van der Waals surface area contributed by atoms with Gasteiger partial charge in [-0.25, -0.2) is 5.84 Å². The van der Waals surface area contributed by atoms with Crippen molar-refractivity contribution in [3.8, 4) is 0 Å². The number of ether oxygens (including phenoxy) is 1. The lowest BCUT2D eigenvalue weighted by atomic mass is 10.2. The summed E-state index contributed by atoms with van der Waals surface area (Å²) < 4.78 is 9.86. The second-order valence-electron chi connectivity index (χ2n) is 3.60. The lowest BCUT2D eigenvalue weighted by Crippen LogP contribution is -2.45. The van der Waals surface area contributed by atoms with Crippen LogP contribution in [0, 0.1) is 0 Å². The number of hydrogen-bond acceptors (Lipinski definition) is 6. The molecule has 2 rings (SSSR count). The average Bonchev–Trinajstić information content (AvgIpc) is 2.81. The summed E-state index contributed by atoms with van der Waals surface area (Å²) in [5, 5.41) is 0. The fourth-order valence-corrected chi connectivity index (χ4v) is 1.58. The summed E-state index contributed by atoms with van der Waals surface area (Å²) >= 11 is 0. The summed E-state index contributed by atoms with van der Waals surface area (Å²) in [5.74, 6) is 3.72. The number of nitrogens with one attached hydrogen (secondary N) is 1. The lowest BCUT2D eigenvalue weighted by Gasteiger charge is -2.24. The number of rotatable bonds is 3. The number of carbonyl (C=O) groups excluding carboxylic acids is 3. The van der Waals surface area contributed by atoms with Gasteiger partial charge in [0.25, 0.3) is 17.7 Å². The molecule has 1 aliphatic rings. The number of carbonyl (C=O) groups is 3. The number of imide groups is 1. The molecule has 3 N–H and O–H groups in total. The lowest BCUT2D eigenvalue weighted by molar-refractivity contribution is -0.159. The SMILES string of the molecule is NNC(=O)c1ccoc1CN1C(=O)COCC1=O. The number of furan rings is 1. The van der Waals surface area contributed by atoms with Crippen LogP contribution in [-0.4, -0.2) is 35.8 Å². The third kappa shape index (κ3) is 2.24. The van der Waals surface area contributed by atoms with Gasteiger partial charge in [0, 0.05) is 0 Å². The summed E-state index contributed by atoms with van der Waals surface area (Å²) in [4.78, 5) is 35.4. The predicted octanol–water partition coefficient (Wildman–Crippen LogP) is -1.23. The van der Waals surface area contributed by atoms with Crippen molar-refractivity contribution in [2.45, 2.75) is 6.54 Å².